The highest BCUT2D eigenvalue weighted by Crippen LogP contribution is 2.22. The Labute approximate surface area is 120 Å². The van der Waals surface area contributed by atoms with Crippen molar-refractivity contribution in [2.75, 3.05) is 4.72 Å². The minimum absolute atomic E-state index is 0.212. The lowest BCUT2D eigenvalue weighted by Gasteiger charge is -2.07. The fourth-order valence-electron chi connectivity index (χ4n) is 1.57. The van der Waals surface area contributed by atoms with Crippen molar-refractivity contribution >= 4 is 32.2 Å². The maximum absolute atomic E-state index is 12.2. The molecule has 0 saturated carbocycles. The molecule has 0 saturated heterocycles. The highest BCUT2D eigenvalue weighted by atomic mass is 32.2. The van der Waals surface area contributed by atoms with Crippen LogP contribution in [0, 0.1) is 6.92 Å². The normalized spacial score (nSPS) is 12.4. The zero-order chi connectivity index (χ0) is 14.8. The predicted octanol–water partition coefficient (Wildman–Crippen LogP) is 2.45. The standard InChI is InChI=1S/C12H13N3O3S2/c1-8-5-3-4-6-11(8)20(17,18)15-12-13-10(7-19-12)9(2)14-16/h3-7,16H,1-2H3,(H,13,15). The van der Waals surface area contributed by atoms with Gasteiger partial charge in [-0.3, -0.25) is 4.72 Å². The Morgan fingerprint density at radius 2 is 2.10 bits per heavy atom. The smallest absolute Gasteiger partial charge is 0.263 e. The molecule has 0 atom stereocenters. The van der Waals surface area contributed by atoms with Gasteiger partial charge in [0, 0.05) is 5.38 Å². The molecule has 0 spiro atoms. The second-order valence-corrected chi connectivity index (χ2v) is 6.60. The van der Waals surface area contributed by atoms with E-state index in [4.69, 9.17) is 5.21 Å². The summed E-state index contributed by atoms with van der Waals surface area (Å²) in [5, 5.41) is 13.5. The Kier molecular flexibility index (Phi) is 4.05. The number of sulfonamides is 1. The van der Waals surface area contributed by atoms with Crippen LogP contribution in [0.2, 0.25) is 0 Å². The molecular weight excluding hydrogens is 298 g/mol. The summed E-state index contributed by atoms with van der Waals surface area (Å²) in [6.45, 7) is 3.30. The van der Waals surface area contributed by atoms with Crippen LogP contribution in [-0.2, 0) is 10.0 Å². The van der Waals surface area contributed by atoms with Crippen LogP contribution in [0.5, 0.6) is 0 Å². The van der Waals surface area contributed by atoms with Gasteiger partial charge in [0.1, 0.15) is 11.4 Å². The maximum Gasteiger partial charge on any atom is 0.263 e. The number of anilines is 1. The Hall–Kier alpha value is -1.93. The molecule has 1 aromatic carbocycles. The van der Waals surface area contributed by atoms with Crippen molar-refractivity contribution in [2.24, 2.45) is 5.16 Å². The molecule has 2 rings (SSSR count). The van der Waals surface area contributed by atoms with Crippen LogP contribution in [0.4, 0.5) is 5.13 Å². The molecule has 20 heavy (non-hydrogen) atoms. The van der Waals surface area contributed by atoms with Crippen molar-refractivity contribution in [3.05, 3.63) is 40.9 Å². The Morgan fingerprint density at radius 1 is 1.40 bits per heavy atom. The van der Waals surface area contributed by atoms with E-state index in [1.165, 1.54) is 6.07 Å². The number of benzene rings is 1. The SMILES string of the molecule is CC(=NO)c1csc(NS(=O)(=O)c2ccccc2C)n1. The van der Waals surface area contributed by atoms with Gasteiger partial charge in [-0.2, -0.15) is 0 Å². The molecule has 0 aliphatic heterocycles. The van der Waals surface area contributed by atoms with Gasteiger partial charge in [0.05, 0.1) is 4.90 Å². The lowest BCUT2D eigenvalue weighted by atomic mass is 10.2. The van der Waals surface area contributed by atoms with E-state index in [9.17, 15) is 8.42 Å². The fourth-order valence-corrected chi connectivity index (χ4v) is 3.82. The third-order valence-corrected chi connectivity index (χ3v) is 5.02. The van der Waals surface area contributed by atoms with Gasteiger partial charge in [-0.05, 0) is 25.5 Å². The number of hydrogen-bond acceptors (Lipinski definition) is 6. The van der Waals surface area contributed by atoms with E-state index < -0.39 is 10.0 Å². The third kappa shape index (κ3) is 2.97. The van der Waals surface area contributed by atoms with Crippen LogP contribution in [0.15, 0.2) is 39.7 Å². The first-order valence-electron chi connectivity index (χ1n) is 5.67. The topological polar surface area (TPSA) is 91.7 Å². The summed E-state index contributed by atoms with van der Waals surface area (Å²) in [5.74, 6) is 0. The predicted molar refractivity (Wildman–Crippen MR) is 78.1 cm³/mol. The molecule has 0 bridgehead atoms. The Morgan fingerprint density at radius 3 is 2.75 bits per heavy atom. The van der Waals surface area contributed by atoms with Crippen molar-refractivity contribution in [1.82, 2.24) is 4.98 Å². The van der Waals surface area contributed by atoms with Gasteiger partial charge in [-0.25, -0.2) is 13.4 Å². The first-order chi connectivity index (χ1) is 9.44. The number of nitrogens with zero attached hydrogens (tertiary/aromatic N) is 2. The molecular formula is C12H13N3O3S2. The molecule has 2 N–H and O–H groups in total. The van der Waals surface area contributed by atoms with E-state index in [-0.39, 0.29) is 10.0 Å². The first-order valence-corrected chi connectivity index (χ1v) is 8.03. The van der Waals surface area contributed by atoms with E-state index in [0.717, 1.165) is 11.3 Å². The second-order valence-electron chi connectivity index (χ2n) is 4.09. The summed E-state index contributed by atoms with van der Waals surface area (Å²) >= 11 is 1.13. The van der Waals surface area contributed by atoms with Gasteiger partial charge in [0.2, 0.25) is 0 Å². The van der Waals surface area contributed by atoms with Crippen molar-refractivity contribution in [3.63, 3.8) is 0 Å². The average Bonchev–Trinajstić information content (AvgIpc) is 2.85. The van der Waals surface area contributed by atoms with Gasteiger partial charge < -0.3 is 5.21 Å². The van der Waals surface area contributed by atoms with Gasteiger partial charge in [0.15, 0.2) is 5.13 Å². The van der Waals surface area contributed by atoms with E-state index in [0.29, 0.717) is 17.0 Å². The largest absolute Gasteiger partial charge is 0.411 e. The highest BCUT2D eigenvalue weighted by Gasteiger charge is 2.18. The Bertz CT molecular complexity index is 751. The van der Waals surface area contributed by atoms with Gasteiger partial charge in [0.25, 0.3) is 10.0 Å². The monoisotopic (exact) mass is 311 g/mol. The quantitative estimate of drug-likeness (QED) is 0.515. The summed E-state index contributed by atoms with van der Waals surface area (Å²) in [4.78, 5) is 4.27. The maximum atomic E-state index is 12.2. The van der Waals surface area contributed by atoms with Crippen LogP contribution < -0.4 is 4.72 Å². The highest BCUT2D eigenvalue weighted by molar-refractivity contribution is 7.93. The van der Waals surface area contributed by atoms with Crippen LogP contribution in [0.1, 0.15) is 18.2 Å². The molecule has 8 heteroatoms. The van der Waals surface area contributed by atoms with Crippen LogP contribution in [0.25, 0.3) is 0 Å². The van der Waals surface area contributed by atoms with Gasteiger partial charge >= 0.3 is 0 Å². The molecule has 0 unspecified atom stereocenters. The molecule has 0 radical (unpaired) electrons. The lowest BCUT2D eigenvalue weighted by molar-refractivity contribution is 0.319. The van der Waals surface area contributed by atoms with Crippen LogP contribution >= 0.6 is 11.3 Å². The van der Waals surface area contributed by atoms with Crippen molar-refractivity contribution in [2.45, 2.75) is 18.7 Å². The summed E-state index contributed by atoms with van der Waals surface area (Å²) in [6, 6.07) is 6.70. The molecule has 6 nitrogen and oxygen atoms in total. The molecule has 0 aliphatic carbocycles. The number of hydrogen-bond donors (Lipinski definition) is 2. The summed E-state index contributed by atoms with van der Waals surface area (Å²) in [5.41, 5.74) is 1.41. The summed E-state index contributed by atoms with van der Waals surface area (Å²) in [6.07, 6.45) is 0. The second kappa shape index (κ2) is 5.59. The molecule has 0 amide bonds. The van der Waals surface area contributed by atoms with Crippen LogP contribution in [-0.4, -0.2) is 24.3 Å². The number of rotatable bonds is 4. The number of aryl methyl sites for hydroxylation is 1. The number of oxime groups is 1. The number of nitrogens with one attached hydrogen (secondary N) is 1. The zero-order valence-electron chi connectivity index (χ0n) is 10.9. The summed E-state index contributed by atoms with van der Waals surface area (Å²) < 4.78 is 26.9. The van der Waals surface area contributed by atoms with Crippen molar-refractivity contribution < 1.29 is 13.6 Å². The Balaban J connectivity index is 2.30. The lowest BCUT2D eigenvalue weighted by Crippen LogP contribution is -2.14. The molecule has 0 fully saturated rings. The fraction of sp³-hybridized carbons (Fsp3) is 0.167. The summed E-state index contributed by atoms with van der Waals surface area (Å²) in [7, 11) is -3.67. The molecule has 106 valence electrons. The van der Waals surface area contributed by atoms with E-state index >= 15 is 0 Å². The zero-order valence-corrected chi connectivity index (χ0v) is 12.5. The van der Waals surface area contributed by atoms with Crippen molar-refractivity contribution in [3.8, 4) is 0 Å². The molecule has 2 aromatic rings. The number of aromatic nitrogens is 1. The van der Waals surface area contributed by atoms with Gasteiger partial charge in [-0.1, -0.05) is 23.4 Å². The molecule has 1 aromatic heterocycles. The molecule has 1 heterocycles. The van der Waals surface area contributed by atoms with E-state index in [1.807, 2.05) is 0 Å². The molecule has 0 aliphatic rings. The minimum Gasteiger partial charge on any atom is -0.411 e. The third-order valence-electron chi connectivity index (χ3n) is 2.63. The van der Waals surface area contributed by atoms with Gasteiger partial charge in [-0.15, -0.1) is 11.3 Å². The van der Waals surface area contributed by atoms with Crippen molar-refractivity contribution in [1.29, 1.82) is 0 Å². The van der Waals surface area contributed by atoms with E-state index in [1.54, 1.807) is 37.4 Å². The first kappa shape index (κ1) is 14.5. The van der Waals surface area contributed by atoms with Crippen LogP contribution in [0.3, 0.4) is 0 Å². The average molecular weight is 311 g/mol. The number of thiazole rings is 1. The van der Waals surface area contributed by atoms with E-state index in [2.05, 4.69) is 14.9 Å². The minimum atomic E-state index is -3.67.